The van der Waals surface area contributed by atoms with Crippen molar-refractivity contribution in [1.29, 1.82) is 0 Å². The van der Waals surface area contributed by atoms with Crippen molar-refractivity contribution in [2.24, 2.45) is 23.3 Å². The van der Waals surface area contributed by atoms with Gasteiger partial charge in [-0.3, -0.25) is 19.3 Å². The lowest BCUT2D eigenvalue weighted by Crippen LogP contribution is -2.63. The molecule has 0 radical (unpaired) electrons. The van der Waals surface area contributed by atoms with Gasteiger partial charge in [-0.05, 0) is 44.5 Å². The molecule has 0 aliphatic heterocycles. The molecule has 37 heavy (non-hydrogen) atoms. The lowest BCUT2D eigenvalue weighted by molar-refractivity contribution is -0.148. The summed E-state index contributed by atoms with van der Waals surface area (Å²) in [5.41, 5.74) is 7.18. The normalized spacial score (nSPS) is 27.0. The standard InChI is InChI=1S/C24H29N5O8/c1-28(2)12-7-11(27-23(26)36)17(30)14-9(12)5-8-6-10-16(29(3)4)19(32)15(22(25)35)21(34)24(10,37)20(33)13(8)18(14)31/h7-8,10,16,30,32-33,37H,5-6H2,1-4H3,(H2,25,35)(H3,26,27,36)/t8?,10?,16-,24?/m0/s1. The van der Waals surface area contributed by atoms with Gasteiger partial charge < -0.3 is 42.1 Å². The number of primary amides is 2. The topological polar surface area (TPSA) is 220 Å². The summed E-state index contributed by atoms with van der Waals surface area (Å²) in [6.45, 7) is 0. The fourth-order valence-electron chi connectivity index (χ4n) is 5.93. The Kier molecular flexibility index (Phi) is 5.96. The van der Waals surface area contributed by atoms with Crippen LogP contribution in [0.1, 0.15) is 22.3 Å². The van der Waals surface area contributed by atoms with Crippen LogP contribution in [0.25, 0.3) is 0 Å². The summed E-state index contributed by atoms with van der Waals surface area (Å²) < 4.78 is 0. The summed E-state index contributed by atoms with van der Waals surface area (Å²) in [5, 5.41) is 46.9. The van der Waals surface area contributed by atoms with Gasteiger partial charge in [0.2, 0.25) is 5.78 Å². The molecule has 13 heteroatoms. The molecule has 0 heterocycles. The number of phenols is 1. The minimum Gasteiger partial charge on any atom is -0.510 e. The largest absolute Gasteiger partial charge is 0.510 e. The number of hydrogen-bond acceptors (Lipinski definition) is 10. The van der Waals surface area contributed by atoms with Crippen LogP contribution in [0.5, 0.6) is 5.75 Å². The molecule has 1 aromatic rings. The Labute approximate surface area is 211 Å². The molecule has 0 aromatic heterocycles. The van der Waals surface area contributed by atoms with Gasteiger partial charge in [-0.25, -0.2) is 4.79 Å². The van der Waals surface area contributed by atoms with E-state index in [1.165, 1.54) is 11.0 Å². The van der Waals surface area contributed by atoms with Crippen molar-refractivity contribution in [3.8, 4) is 5.75 Å². The van der Waals surface area contributed by atoms with E-state index >= 15 is 0 Å². The summed E-state index contributed by atoms with van der Waals surface area (Å²) >= 11 is 0. The number of ketones is 2. The first-order valence-electron chi connectivity index (χ1n) is 11.4. The fraction of sp³-hybridized carbons (Fsp3) is 0.417. The summed E-state index contributed by atoms with van der Waals surface area (Å²) in [6.07, 6.45) is 0.0904. The van der Waals surface area contributed by atoms with Crippen molar-refractivity contribution >= 4 is 34.9 Å². The number of phenolic OH excluding ortho intramolecular Hbond substituents is 1. The number of amides is 3. The molecule has 0 spiro atoms. The van der Waals surface area contributed by atoms with Crippen molar-refractivity contribution in [2.45, 2.75) is 24.5 Å². The number of nitrogens with one attached hydrogen (secondary N) is 1. The molecule has 198 valence electrons. The van der Waals surface area contributed by atoms with E-state index in [1.807, 2.05) is 0 Å². The van der Waals surface area contributed by atoms with Crippen molar-refractivity contribution in [3.05, 3.63) is 39.9 Å². The number of nitrogens with two attached hydrogens (primary N) is 2. The molecule has 0 saturated heterocycles. The second kappa shape index (κ2) is 8.49. The third-order valence-electron chi connectivity index (χ3n) is 7.44. The molecule has 3 unspecified atom stereocenters. The number of aliphatic hydroxyl groups excluding tert-OH is 2. The van der Waals surface area contributed by atoms with Crippen LogP contribution in [0, 0.1) is 11.8 Å². The maximum absolute atomic E-state index is 13.8. The zero-order chi connectivity index (χ0) is 27.7. The number of carbonyl (C=O) groups excluding carboxylic acids is 4. The van der Waals surface area contributed by atoms with Gasteiger partial charge >= 0.3 is 6.03 Å². The Morgan fingerprint density at radius 3 is 2.24 bits per heavy atom. The highest BCUT2D eigenvalue weighted by molar-refractivity contribution is 6.25. The quantitative estimate of drug-likeness (QED) is 0.204. The molecular weight excluding hydrogens is 486 g/mol. The van der Waals surface area contributed by atoms with E-state index in [0.717, 1.165) is 0 Å². The van der Waals surface area contributed by atoms with Gasteiger partial charge in [-0.1, -0.05) is 0 Å². The first-order valence-corrected chi connectivity index (χ1v) is 11.4. The first kappa shape index (κ1) is 26.0. The summed E-state index contributed by atoms with van der Waals surface area (Å²) in [4.78, 5) is 53.8. The van der Waals surface area contributed by atoms with Crippen LogP contribution in [0.15, 0.2) is 28.7 Å². The monoisotopic (exact) mass is 515 g/mol. The van der Waals surface area contributed by atoms with Gasteiger partial charge in [0.05, 0.1) is 17.3 Å². The van der Waals surface area contributed by atoms with E-state index in [-0.39, 0.29) is 29.7 Å². The molecule has 4 rings (SSSR count). The number of fused-ring (bicyclic) bond motifs is 3. The smallest absolute Gasteiger partial charge is 0.316 e. The van der Waals surface area contributed by atoms with E-state index in [4.69, 9.17) is 11.5 Å². The molecule has 3 amide bonds. The lowest BCUT2D eigenvalue weighted by atomic mass is 9.58. The lowest BCUT2D eigenvalue weighted by Gasteiger charge is -2.50. The molecule has 1 aromatic carbocycles. The molecule has 0 fully saturated rings. The Bertz CT molecular complexity index is 1330. The van der Waals surface area contributed by atoms with Gasteiger partial charge in [-0.15, -0.1) is 0 Å². The molecule has 4 atom stereocenters. The molecule has 9 N–H and O–H groups in total. The molecule has 3 aliphatic carbocycles. The third kappa shape index (κ3) is 3.53. The Balaban J connectivity index is 1.99. The highest BCUT2D eigenvalue weighted by Gasteiger charge is 2.63. The number of Topliss-reactive ketones (excluding diaryl/α,β-unsaturated/α-hetero) is 2. The average molecular weight is 516 g/mol. The van der Waals surface area contributed by atoms with E-state index in [2.05, 4.69) is 5.32 Å². The minimum absolute atomic E-state index is 0.0271. The maximum Gasteiger partial charge on any atom is 0.316 e. The molecule has 0 saturated carbocycles. The summed E-state index contributed by atoms with van der Waals surface area (Å²) in [7, 11) is 6.51. The number of urea groups is 1. The maximum atomic E-state index is 13.8. The van der Waals surface area contributed by atoms with Crippen LogP contribution in [0.4, 0.5) is 16.2 Å². The Morgan fingerprint density at radius 1 is 1.11 bits per heavy atom. The highest BCUT2D eigenvalue weighted by Crippen LogP contribution is 2.53. The van der Waals surface area contributed by atoms with Crippen molar-refractivity contribution < 1.29 is 39.6 Å². The van der Waals surface area contributed by atoms with Crippen LogP contribution < -0.4 is 21.7 Å². The second-order valence-electron chi connectivity index (χ2n) is 9.99. The van der Waals surface area contributed by atoms with Crippen LogP contribution in [0.3, 0.4) is 0 Å². The number of aliphatic hydroxyl groups is 3. The third-order valence-corrected chi connectivity index (χ3v) is 7.44. The number of aromatic hydroxyl groups is 1. The van der Waals surface area contributed by atoms with Crippen LogP contribution in [0.2, 0.25) is 0 Å². The SMILES string of the molecule is CN(C)c1cc(NC(N)=O)c(O)c2c1CC1CC3[C@H](N(C)C)C(O)=C(C(N)=O)C(=O)C3(O)C(O)=C1C2=O. The van der Waals surface area contributed by atoms with Crippen molar-refractivity contribution in [2.75, 3.05) is 38.4 Å². The number of hydrogen-bond donors (Lipinski definition) is 7. The number of likely N-dealkylation sites (N-methyl/N-ethyl adjacent to an activating group) is 1. The predicted molar refractivity (Wildman–Crippen MR) is 131 cm³/mol. The number of rotatable bonds is 4. The van der Waals surface area contributed by atoms with Gasteiger partial charge in [0, 0.05) is 31.3 Å². The van der Waals surface area contributed by atoms with E-state index in [9.17, 15) is 39.6 Å². The van der Waals surface area contributed by atoms with Crippen molar-refractivity contribution in [3.63, 3.8) is 0 Å². The number of nitrogens with zero attached hydrogens (tertiary/aromatic N) is 2. The van der Waals surface area contributed by atoms with Gasteiger partial charge in [0.25, 0.3) is 5.91 Å². The van der Waals surface area contributed by atoms with Crippen LogP contribution >= 0.6 is 0 Å². The second-order valence-corrected chi connectivity index (χ2v) is 9.99. The molecule has 3 aliphatic rings. The van der Waals surface area contributed by atoms with Crippen LogP contribution in [-0.4, -0.2) is 88.7 Å². The minimum atomic E-state index is -2.73. The zero-order valence-corrected chi connectivity index (χ0v) is 20.7. The van der Waals surface area contributed by atoms with E-state index < -0.39 is 69.8 Å². The van der Waals surface area contributed by atoms with Gasteiger partial charge in [-0.2, -0.15) is 0 Å². The fourth-order valence-corrected chi connectivity index (χ4v) is 5.93. The Morgan fingerprint density at radius 2 is 1.73 bits per heavy atom. The number of anilines is 2. The predicted octanol–water partition coefficient (Wildman–Crippen LogP) is -0.323. The Hall–Kier alpha value is -4.10. The number of carbonyl (C=O) groups is 4. The zero-order valence-electron chi connectivity index (χ0n) is 20.7. The van der Waals surface area contributed by atoms with Gasteiger partial charge in [0.1, 0.15) is 17.1 Å². The highest BCUT2D eigenvalue weighted by atomic mass is 16.3. The number of allylic oxidation sites excluding steroid dienone is 1. The van der Waals surface area contributed by atoms with Gasteiger partial charge in [0.15, 0.2) is 17.1 Å². The first-order chi connectivity index (χ1) is 17.1. The molecular formula is C24H29N5O8. The number of benzene rings is 1. The van der Waals surface area contributed by atoms with Crippen LogP contribution in [-0.2, 0) is 16.0 Å². The van der Waals surface area contributed by atoms with E-state index in [1.54, 1.807) is 33.1 Å². The van der Waals surface area contributed by atoms with Crippen molar-refractivity contribution in [1.82, 2.24) is 4.90 Å². The molecule has 0 bridgehead atoms. The van der Waals surface area contributed by atoms with E-state index in [0.29, 0.717) is 11.3 Å². The average Bonchev–Trinajstić information content (AvgIpc) is 2.77. The summed E-state index contributed by atoms with van der Waals surface area (Å²) in [5.74, 6) is -7.49. The summed E-state index contributed by atoms with van der Waals surface area (Å²) in [6, 6.07) is -0.597. The molecule has 13 nitrogen and oxygen atoms in total.